The average molecular weight is 332 g/mol. The summed E-state index contributed by atoms with van der Waals surface area (Å²) in [5, 5.41) is 15.5. The van der Waals surface area contributed by atoms with E-state index in [4.69, 9.17) is 0 Å². The van der Waals surface area contributed by atoms with Crippen LogP contribution in [-0.4, -0.2) is 16.5 Å². The summed E-state index contributed by atoms with van der Waals surface area (Å²) in [5.74, 6) is 1.48. The van der Waals surface area contributed by atoms with Gasteiger partial charge in [-0.05, 0) is 32.0 Å². The van der Waals surface area contributed by atoms with Crippen LogP contribution in [0.15, 0.2) is 29.0 Å². The first-order chi connectivity index (χ1) is 9.65. The van der Waals surface area contributed by atoms with Crippen LogP contribution in [-0.2, 0) is 0 Å². The molecule has 0 bridgehead atoms. The van der Waals surface area contributed by atoms with Gasteiger partial charge in [0.25, 0.3) is 0 Å². The van der Waals surface area contributed by atoms with E-state index in [1.54, 1.807) is 6.07 Å². The third-order valence-electron chi connectivity index (χ3n) is 2.78. The van der Waals surface area contributed by atoms with Crippen molar-refractivity contribution in [2.45, 2.75) is 13.8 Å². The minimum absolute atomic E-state index is 0.558. The second kappa shape index (κ2) is 6.35. The lowest BCUT2D eigenvalue weighted by atomic mass is 10.2. The molecule has 6 heteroatoms. The topological polar surface area (TPSA) is 73.6 Å². The summed E-state index contributed by atoms with van der Waals surface area (Å²) in [5.41, 5.74) is 2.20. The summed E-state index contributed by atoms with van der Waals surface area (Å²) in [6.07, 6.45) is 1.50. The van der Waals surface area contributed by atoms with Gasteiger partial charge in [-0.1, -0.05) is 15.9 Å². The summed E-state index contributed by atoms with van der Waals surface area (Å²) in [6.45, 7) is 4.74. The molecule has 0 unspecified atom stereocenters. The molecule has 20 heavy (non-hydrogen) atoms. The Hall–Kier alpha value is -2.13. The molecule has 1 heterocycles. The predicted molar refractivity (Wildman–Crippen MR) is 83.1 cm³/mol. The van der Waals surface area contributed by atoms with E-state index >= 15 is 0 Å². The van der Waals surface area contributed by atoms with Crippen molar-refractivity contribution in [3.05, 3.63) is 40.1 Å². The smallest absolute Gasteiger partial charge is 0.138 e. The SMILES string of the molecule is CCNc1ncnc(Nc2ccc(Br)cc2C#N)c1C. The lowest BCUT2D eigenvalue weighted by Crippen LogP contribution is -2.06. The molecule has 0 aliphatic heterocycles. The van der Waals surface area contributed by atoms with Gasteiger partial charge < -0.3 is 10.6 Å². The van der Waals surface area contributed by atoms with Crippen molar-refractivity contribution in [1.82, 2.24) is 9.97 Å². The molecule has 2 rings (SSSR count). The fourth-order valence-electron chi connectivity index (χ4n) is 1.77. The van der Waals surface area contributed by atoms with Crippen LogP contribution in [0, 0.1) is 18.3 Å². The maximum atomic E-state index is 9.17. The van der Waals surface area contributed by atoms with Crippen LogP contribution < -0.4 is 10.6 Å². The molecule has 0 spiro atoms. The lowest BCUT2D eigenvalue weighted by Gasteiger charge is -2.12. The summed E-state index contributed by atoms with van der Waals surface area (Å²) in [7, 11) is 0. The maximum Gasteiger partial charge on any atom is 0.138 e. The second-order valence-electron chi connectivity index (χ2n) is 4.15. The van der Waals surface area contributed by atoms with Crippen molar-refractivity contribution >= 4 is 33.3 Å². The minimum atomic E-state index is 0.558. The molecule has 1 aromatic carbocycles. The van der Waals surface area contributed by atoms with Crippen molar-refractivity contribution in [3.63, 3.8) is 0 Å². The molecule has 0 amide bonds. The van der Waals surface area contributed by atoms with Crippen LogP contribution in [0.25, 0.3) is 0 Å². The van der Waals surface area contributed by atoms with Crippen molar-refractivity contribution < 1.29 is 0 Å². The van der Waals surface area contributed by atoms with Gasteiger partial charge in [0, 0.05) is 16.6 Å². The van der Waals surface area contributed by atoms with E-state index in [1.807, 2.05) is 26.0 Å². The number of aromatic nitrogens is 2. The molecule has 1 aromatic heterocycles. The zero-order valence-electron chi connectivity index (χ0n) is 11.2. The van der Waals surface area contributed by atoms with Crippen molar-refractivity contribution in [2.24, 2.45) is 0 Å². The normalized spacial score (nSPS) is 9.90. The number of rotatable bonds is 4. The van der Waals surface area contributed by atoms with Crippen molar-refractivity contribution in [3.8, 4) is 6.07 Å². The van der Waals surface area contributed by atoms with Crippen molar-refractivity contribution in [1.29, 1.82) is 5.26 Å². The molecular weight excluding hydrogens is 318 g/mol. The Morgan fingerprint density at radius 1 is 1.30 bits per heavy atom. The van der Waals surface area contributed by atoms with Gasteiger partial charge in [0.15, 0.2) is 0 Å². The molecule has 0 saturated heterocycles. The van der Waals surface area contributed by atoms with Crippen LogP contribution in [0.1, 0.15) is 18.1 Å². The number of halogens is 1. The number of anilines is 3. The average Bonchev–Trinajstić information content (AvgIpc) is 2.45. The Morgan fingerprint density at radius 2 is 2.05 bits per heavy atom. The van der Waals surface area contributed by atoms with Gasteiger partial charge in [0.1, 0.15) is 24.0 Å². The highest BCUT2D eigenvalue weighted by atomic mass is 79.9. The van der Waals surface area contributed by atoms with Gasteiger partial charge >= 0.3 is 0 Å². The molecule has 0 atom stereocenters. The van der Waals surface area contributed by atoms with Gasteiger partial charge in [0.05, 0.1) is 11.3 Å². The van der Waals surface area contributed by atoms with E-state index in [9.17, 15) is 5.26 Å². The summed E-state index contributed by atoms with van der Waals surface area (Å²) in [4.78, 5) is 8.42. The van der Waals surface area contributed by atoms with Crippen LogP contribution in [0.3, 0.4) is 0 Å². The number of nitrogens with one attached hydrogen (secondary N) is 2. The zero-order valence-corrected chi connectivity index (χ0v) is 12.8. The molecule has 0 aliphatic rings. The first-order valence-corrected chi connectivity index (χ1v) is 6.97. The standard InChI is InChI=1S/C14H14BrN5/c1-3-17-13-9(2)14(19-8-18-13)20-12-5-4-11(15)6-10(12)7-16/h4-6,8H,3H2,1-2H3,(H2,17,18,19,20). The van der Waals surface area contributed by atoms with Crippen molar-refractivity contribution in [2.75, 3.05) is 17.2 Å². The fraction of sp³-hybridized carbons (Fsp3) is 0.214. The van der Waals surface area contributed by atoms with E-state index < -0.39 is 0 Å². The van der Waals surface area contributed by atoms with E-state index in [2.05, 4.69) is 42.6 Å². The largest absolute Gasteiger partial charge is 0.370 e. The molecule has 5 nitrogen and oxygen atoms in total. The Bertz CT molecular complexity index is 663. The van der Waals surface area contributed by atoms with E-state index in [0.29, 0.717) is 11.4 Å². The molecule has 0 fully saturated rings. The molecule has 0 radical (unpaired) electrons. The number of nitriles is 1. The Morgan fingerprint density at radius 3 is 2.75 bits per heavy atom. The Balaban J connectivity index is 2.36. The second-order valence-corrected chi connectivity index (χ2v) is 5.07. The molecule has 0 aliphatic carbocycles. The van der Waals surface area contributed by atoms with Crippen LogP contribution in [0.2, 0.25) is 0 Å². The summed E-state index contributed by atoms with van der Waals surface area (Å²) in [6, 6.07) is 7.66. The van der Waals surface area contributed by atoms with Crippen LogP contribution in [0.5, 0.6) is 0 Å². The minimum Gasteiger partial charge on any atom is -0.370 e. The Labute approximate surface area is 126 Å². The Kier molecular flexibility index (Phi) is 4.53. The maximum absolute atomic E-state index is 9.17. The third kappa shape index (κ3) is 3.06. The first kappa shape index (κ1) is 14.3. The number of nitrogens with zero attached hydrogens (tertiary/aromatic N) is 3. The van der Waals surface area contributed by atoms with Gasteiger partial charge in [-0.2, -0.15) is 5.26 Å². The highest BCUT2D eigenvalue weighted by molar-refractivity contribution is 9.10. The predicted octanol–water partition coefficient (Wildman–Crippen LogP) is 3.59. The molecule has 2 N–H and O–H groups in total. The van der Waals surface area contributed by atoms with E-state index in [-0.39, 0.29) is 0 Å². The van der Waals surface area contributed by atoms with Gasteiger partial charge in [0.2, 0.25) is 0 Å². The molecule has 0 saturated carbocycles. The summed E-state index contributed by atoms with van der Waals surface area (Å²) < 4.78 is 0.868. The highest BCUT2D eigenvalue weighted by Crippen LogP contribution is 2.26. The fourth-order valence-corrected chi connectivity index (χ4v) is 2.13. The molecule has 102 valence electrons. The van der Waals surface area contributed by atoms with Gasteiger partial charge in [-0.3, -0.25) is 0 Å². The quantitative estimate of drug-likeness (QED) is 0.895. The van der Waals surface area contributed by atoms with E-state index in [0.717, 1.165) is 28.1 Å². The van der Waals surface area contributed by atoms with Gasteiger partial charge in [-0.15, -0.1) is 0 Å². The van der Waals surface area contributed by atoms with Crippen LogP contribution >= 0.6 is 15.9 Å². The van der Waals surface area contributed by atoms with Gasteiger partial charge in [-0.25, -0.2) is 9.97 Å². The monoisotopic (exact) mass is 331 g/mol. The lowest BCUT2D eigenvalue weighted by molar-refractivity contribution is 1.08. The molecular formula is C14H14BrN5. The number of hydrogen-bond donors (Lipinski definition) is 2. The number of hydrogen-bond acceptors (Lipinski definition) is 5. The summed E-state index contributed by atoms with van der Waals surface area (Å²) >= 11 is 3.35. The first-order valence-electron chi connectivity index (χ1n) is 6.17. The number of benzene rings is 1. The van der Waals surface area contributed by atoms with Crippen LogP contribution in [0.4, 0.5) is 17.3 Å². The van der Waals surface area contributed by atoms with E-state index in [1.165, 1.54) is 6.33 Å². The third-order valence-corrected chi connectivity index (χ3v) is 3.28. The highest BCUT2D eigenvalue weighted by Gasteiger charge is 2.09. The molecule has 2 aromatic rings. The zero-order chi connectivity index (χ0) is 14.5.